The Hall–Kier alpha value is -1.42. The smallest absolute Gasteiger partial charge is 0.329 e. The fraction of sp³-hybridized carbons (Fsp3) is 0.538. The van der Waals surface area contributed by atoms with Crippen LogP contribution < -0.4 is 21.9 Å². The molecule has 3 N–H and O–H groups in total. The van der Waals surface area contributed by atoms with Gasteiger partial charge in [-0.05, 0) is 25.6 Å². The molecule has 1 saturated carbocycles. The second kappa shape index (κ2) is 6.83. The molecule has 0 spiro atoms. The van der Waals surface area contributed by atoms with Crippen molar-refractivity contribution in [3.8, 4) is 0 Å². The number of H-pyrrole nitrogens is 1. The SMILES string of the molecule is COCCn1c(NC(=S)NC(=O)[C@]2(C)CC2(Cl)Cl)cc(=O)[nH]c1=O. The number of hydrogen-bond donors (Lipinski definition) is 3. The minimum atomic E-state index is -1.13. The minimum absolute atomic E-state index is 0.0755. The largest absolute Gasteiger partial charge is 0.383 e. The summed E-state index contributed by atoms with van der Waals surface area (Å²) in [6, 6.07) is 1.15. The number of carbonyl (C=O) groups excluding carboxylic acids is 1. The molecule has 1 aliphatic rings. The number of aromatic nitrogens is 2. The number of halogens is 2. The molecule has 0 radical (unpaired) electrons. The standard InChI is InChI=1S/C13H16Cl2N4O4S/c1-12(6-13(12,14)15)9(21)18-10(24)16-7-5-8(20)17-11(22)19(7)3-4-23-2/h5H,3-4,6H2,1-2H3,(H,17,20,22)(H2,16,18,21,24)/t12-/m0/s1. The van der Waals surface area contributed by atoms with Crippen molar-refractivity contribution in [1.29, 1.82) is 0 Å². The van der Waals surface area contributed by atoms with E-state index in [0.717, 1.165) is 6.07 Å². The van der Waals surface area contributed by atoms with E-state index in [-0.39, 0.29) is 24.1 Å². The van der Waals surface area contributed by atoms with Gasteiger partial charge in [-0.2, -0.15) is 0 Å². The van der Waals surface area contributed by atoms with E-state index in [2.05, 4.69) is 15.6 Å². The van der Waals surface area contributed by atoms with E-state index in [1.807, 2.05) is 0 Å². The average Bonchev–Trinajstić information content (AvgIpc) is 2.98. The number of amides is 1. The first kappa shape index (κ1) is 18.9. The van der Waals surface area contributed by atoms with E-state index < -0.39 is 26.9 Å². The van der Waals surface area contributed by atoms with Crippen LogP contribution in [0.3, 0.4) is 0 Å². The Bertz CT molecular complexity index is 791. The summed E-state index contributed by atoms with van der Waals surface area (Å²) >= 11 is 16.9. The zero-order valence-corrected chi connectivity index (χ0v) is 15.3. The quantitative estimate of drug-likeness (QED) is 0.498. The fourth-order valence-corrected chi connectivity index (χ4v) is 2.97. The van der Waals surface area contributed by atoms with Crippen LogP contribution >= 0.6 is 35.4 Å². The number of thiocarbonyl (C=S) groups is 1. The van der Waals surface area contributed by atoms with E-state index in [1.54, 1.807) is 6.92 Å². The number of nitrogens with zero attached hydrogens (tertiary/aromatic N) is 1. The highest BCUT2D eigenvalue weighted by atomic mass is 35.5. The van der Waals surface area contributed by atoms with E-state index in [4.69, 9.17) is 40.2 Å². The lowest BCUT2D eigenvalue weighted by Gasteiger charge is -2.16. The predicted molar refractivity (Wildman–Crippen MR) is 94.7 cm³/mol. The van der Waals surface area contributed by atoms with E-state index in [9.17, 15) is 14.4 Å². The lowest BCUT2D eigenvalue weighted by molar-refractivity contribution is -0.124. The minimum Gasteiger partial charge on any atom is -0.383 e. The molecule has 1 aromatic heterocycles. The molecular formula is C13H16Cl2N4O4S. The number of anilines is 1. The summed E-state index contributed by atoms with van der Waals surface area (Å²) in [6.45, 7) is 2.06. The van der Waals surface area contributed by atoms with Gasteiger partial charge in [0.05, 0.1) is 18.6 Å². The second-order valence-corrected chi connectivity index (χ2v) is 7.48. The Kier molecular flexibility index (Phi) is 5.38. The van der Waals surface area contributed by atoms with Crippen molar-refractivity contribution in [2.24, 2.45) is 5.41 Å². The Morgan fingerprint density at radius 3 is 2.67 bits per heavy atom. The van der Waals surface area contributed by atoms with Crippen LogP contribution in [0.15, 0.2) is 15.7 Å². The molecule has 0 unspecified atom stereocenters. The van der Waals surface area contributed by atoms with Gasteiger partial charge in [0.2, 0.25) is 5.91 Å². The van der Waals surface area contributed by atoms with Crippen molar-refractivity contribution in [3.63, 3.8) is 0 Å². The van der Waals surface area contributed by atoms with Crippen LogP contribution in [0.4, 0.5) is 5.82 Å². The summed E-state index contributed by atoms with van der Waals surface area (Å²) in [7, 11) is 1.48. The second-order valence-electron chi connectivity index (χ2n) is 5.59. The predicted octanol–water partition coefficient (Wildman–Crippen LogP) is 0.580. The molecule has 1 fully saturated rings. The molecule has 1 aromatic rings. The first-order valence-electron chi connectivity index (χ1n) is 6.94. The summed E-state index contributed by atoms with van der Waals surface area (Å²) in [5.74, 6) is -0.310. The Balaban J connectivity index is 2.13. The first-order valence-corrected chi connectivity index (χ1v) is 8.10. The van der Waals surface area contributed by atoms with Gasteiger partial charge < -0.3 is 15.4 Å². The van der Waals surface area contributed by atoms with Crippen molar-refractivity contribution in [1.82, 2.24) is 14.9 Å². The van der Waals surface area contributed by atoms with Crippen LogP contribution in [0.1, 0.15) is 13.3 Å². The number of hydrogen-bond acceptors (Lipinski definition) is 5. The zero-order valence-electron chi connectivity index (χ0n) is 12.9. The number of methoxy groups -OCH3 is 1. The summed E-state index contributed by atoms with van der Waals surface area (Å²) in [5, 5.41) is 5.05. The van der Waals surface area contributed by atoms with Crippen molar-refractivity contribution < 1.29 is 9.53 Å². The molecule has 0 bridgehead atoms. The third-order valence-corrected chi connectivity index (χ3v) is 5.09. The van der Waals surface area contributed by atoms with E-state index in [0.29, 0.717) is 6.42 Å². The molecule has 1 aliphatic carbocycles. The van der Waals surface area contributed by atoms with Gasteiger partial charge >= 0.3 is 5.69 Å². The third kappa shape index (κ3) is 3.80. The number of carbonyl (C=O) groups is 1. The zero-order chi connectivity index (χ0) is 18.1. The molecule has 8 nitrogen and oxygen atoms in total. The molecular weight excluding hydrogens is 379 g/mol. The molecule has 0 aromatic carbocycles. The molecule has 2 rings (SSSR count). The molecule has 132 valence electrons. The van der Waals surface area contributed by atoms with Crippen LogP contribution in [0, 0.1) is 5.41 Å². The normalized spacial score (nSPS) is 21.2. The van der Waals surface area contributed by atoms with Crippen molar-refractivity contribution in [2.45, 2.75) is 24.2 Å². The number of ether oxygens (including phenoxy) is 1. The van der Waals surface area contributed by atoms with Gasteiger partial charge in [0, 0.05) is 13.2 Å². The maximum atomic E-state index is 12.2. The van der Waals surface area contributed by atoms with Gasteiger partial charge in [0.15, 0.2) is 5.11 Å². The summed E-state index contributed by atoms with van der Waals surface area (Å²) < 4.78 is 5.02. The average molecular weight is 395 g/mol. The maximum Gasteiger partial charge on any atom is 0.329 e. The van der Waals surface area contributed by atoms with Gasteiger partial charge in [-0.1, -0.05) is 0 Å². The topological polar surface area (TPSA) is 105 Å². The Morgan fingerprint density at radius 2 is 2.12 bits per heavy atom. The molecule has 1 heterocycles. The molecule has 1 atom stereocenters. The lowest BCUT2D eigenvalue weighted by Crippen LogP contribution is -2.42. The van der Waals surface area contributed by atoms with Crippen molar-refractivity contribution in [3.05, 3.63) is 26.9 Å². The van der Waals surface area contributed by atoms with Crippen LogP contribution in [0.25, 0.3) is 0 Å². The molecule has 0 aliphatic heterocycles. The molecule has 24 heavy (non-hydrogen) atoms. The monoisotopic (exact) mass is 394 g/mol. The number of alkyl halides is 2. The summed E-state index contributed by atoms with van der Waals surface area (Å²) in [5.41, 5.74) is -2.16. The van der Waals surface area contributed by atoms with E-state index >= 15 is 0 Å². The maximum absolute atomic E-state index is 12.2. The van der Waals surface area contributed by atoms with Crippen LogP contribution in [0.5, 0.6) is 0 Å². The van der Waals surface area contributed by atoms with Gasteiger partial charge in [0.25, 0.3) is 5.56 Å². The van der Waals surface area contributed by atoms with Crippen molar-refractivity contribution >= 4 is 52.3 Å². The number of nitrogens with one attached hydrogen (secondary N) is 3. The Morgan fingerprint density at radius 1 is 1.50 bits per heavy atom. The molecule has 11 heteroatoms. The van der Waals surface area contributed by atoms with Gasteiger partial charge in [-0.15, -0.1) is 23.2 Å². The first-order chi connectivity index (χ1) is 11.1. The highest BCUT2D eigenvalue weighted by Gasteiger charge is 2.68. The van der Waals surface area contributed by atoms with Crippen LogP contribution in [-0.2, 0) is 16.1 Å². The Labute approximate surface area is 152 Å². The van der Waals surface area contributed by atoms with Gasteiger partial charge in [-0.25, -0.2) is 4.79 Å². The summed E-state index contributed by atoms with van der Waals surface area (Å²) in [4.78, 5) is 37.7. The highest BCUT2D eigenvalue weighted by molar-refractivity contribution is 7.80. The fourth-order valence-electron chi connectivity index (χ4n) is 2.06. The van der Waals surface area contributed by atoms with Gasteiger partial charge in [-0.3, -0.25) is 19.1 Å². The highest BCUT2D eigenvalue weighted by Crippen LogP contribution is 2.63. The molecule has 1 amide bonds. The van der Waals surface area contributed by atoms with Gasteiger partial charge in [0.1, 0.15) is 10.2 Å². The van der Waals surface area contributed by atoms with Crippen LogP contribution in [0.2, 0.25) is 0 Å². The van der Waals surface area contributed by atoms with Crippen LogP contribution in [-0.4, -0.2) is 38.6 Å². The number of rotatable bonds is 5. The number of aromatic amines is 1. The lowest BCUT2D eigenvalue weighted by atomic mass is 10.1. The van der Waals surface area contributed by atoms with Crippen molar-refractivity contribution in [2.75, 3.05) is 19.0 Å². The third-order valence-electron chi connectivity index (χ3n) is 3.78. The summed E-state index contributed by atoms with van der Waals surface area (Å²) in [6.07, 6.45) is 0.307. The van der Waals surface area contributed by atoms with E-state index in [1.165, 1.54) is 11.7 Å². The molecule has 0 saturated heterocycles.